The number of Topliss-reactive ketones (excluding diaryl/α,β-unsaturated/α-hetero) is 1. The summed E-state index contributed by atoms with van der Waals surface area (Å²) in [6.07, 6.45) is 1.02. The molecule has 0 spiro atoms. The zero-order chi connectivity index (χ0) is 9.94. The number of nitrogens with zero attached hydrogens (tertiary/aromatic N) is 1. The number of carbonyl (C=O) groups excluding carboxylic acids is 2. The van der Waals surface area contributed by atoms with Gasteiger partial charge in [-0.15, -0.1) is 0 Å². The summed E-state index contributed by atoms with van der Waals surface area (Å²) in [6, 6.07) is -0.919. The van der Waals surface area contributed by atoms with Crippen molar-refractivity contribution in [3.8, 4) is 0 Å². The molecule has 0 rings (SSSR count). The molecule has 0 aromatic rings. The molecule has 0 radical (unpaired) electrons. The van der Waals surface area contributed by atoms with Crippen LogP contribution in [0.4, 0.5) is 0 Å². The molecule has 1 unspecified atom stereocenters. The Bertz CT molecular complexity index is 282. The van der Waals surface area contributed by atoms with Gasteiger partial charge in [-0.1, -0.05) is 0 Å². The first-order chi connectivity index (χ1) is 5.30. The topological polar surface area (TPSA) is 71.5 Å². The van der Waals surface area contributed by atoms with Crippen molar-refractivity contribution < 1.29 is 18.0 Å². The zero-order valence-electron chi connectivity index (χ0n) is 7.14. The molecule has 0 aliphatic heterocycles. The van der Waals surface area contributed by atoms with E-state index in [0.29, 0.717) is 4.31 Å². The van der Waals surface area contributed by atoms with Gasteiger partial charge in [-0.25, -0.2) is 12.7 Å². The van der Waals surface area contributed by atoms with Crippen molar-refractivity contribution >= 4 is 22.2 Å². The van der Waals surface area contributed by atoms with Crippen LogP contribution in [0.1, 0.15) is 13.8 Å². The highest BCUT2D eigenvalue weighted by Crippen LogP contribution is 2.02. The second kappa shape index (κ2) is 3.66. The van der Waals surface area contributed by atoms with E-state index in [0.717, 1.165) is 6.26 Å². The molecule has 0 aromatic heterocycles. The SMILES string of the molecule is CC(=O)C(C)N(C=O)S(C)(=O)=O. The molecule has 1 amide bonds. The number of hydrogen-bond acceptors (Lipinski definition) is 4. The van der Waals surface area contributed by atoms with E-state index in [1.807, 2.05) is 0 Å². The predicted molar refractivity (Wildman–Crippen MR) is 42.9 cm³/mol. The summed E-state index contributed by atoms with van der Waals surface area (Å²) in [4.78, 5) is 21.0. The summed E-state index contributed by atoms with van der Waals surface area (Å²) in [5.41, 5.74) is 0. The van der Waals surface area contributed by atoms with Gasteiger partial charge in [-0.3, -0.25) is 9.59 Å². The number of amides is 1. The summed E-state index contributed by atoms with van der Waals surface area (Å²) in [7, 11) is -3.61. The zero-order valence-corrected chi connectivity index (χ0v) is 7.96. The quantitative estimate of drug-likeness (QED) is 0.558. The molecule has 0 saturated heterocycles. The molecule has 5 nitrogen and oxygen atoms in total. The van der Waals surface area contributed by atoms with Crippen LogP contribution >= 0.6 is 0 Å². The van der Waals surface area contributed by atoms with E-state index in [-0.39, 0.29) is 12.2 Å². The van der Waals surface area contributed by atoms with Gasteiger partial charge in [0.1, 0.15) is 6.04 Å². The molecule has 1 atom stereocenters. The largest absolute Gasteiger partial charge is 0.298 e. The maximum Gasteiger partial charge on any atom is 0.234 e. The first-order valence-corrected chi connectivity index (χ1v) is 5.09. The Hall–Kier alpha value is -0.910. The predicted octanol–water partition coefficient (Wildman–Crippen LogP) is -0.618. The van der Waals surface area contributed by atoms with Gasteiger partial charge >= 0.3 is 0 Å². The molecule has 0 heterocycles. The Balaban J connectivity index is 4.82. The lowest BCUT2D eigenvalue weighted by molar-refractivity contribution is -0.125. The van der Waals surface area contributed by atoms with Crippen LogP contribution in [-0.2, 0) is 19.6 Å². The first kappa shape index (κ1) is 11.1. The van der Waals surface area contributed by atoms with Crippen LogP contribution < -0.4 is 0 Å². The number of hydrogen-bond donors (Lipinski definition) is 0. The van der Waals surface area contributed by atoms with E-state index >= 15 is 0 Å². The molecule has 0 bridgehead atoms. The Labute approximate surface area is 71.4 Å². The number of ketones is 1. The molecule has 0 fully saturated rings. The molecule has 6 heteroatoms. The van der Waals surface area contributed by atoms with E-state index < -0.39 is 16.1 Å². The Morgan fingerprint density at radius 3 is 2.00 bits per heavy atom. The van der Waals surface area contributed by atoms with E-state index in [1.54, 1.807) is 0 Å². The lowest BCUT2D eigenvalue weighted by atomic mass is 10.2. The van der Waals surface area contributed by atoms with Crippen LogP contribution in [0.15, 0.2) is 0 Å². The fraction of sp³-hybridized carbons (Fsp3) is 0.667. The minimum absolute atomic E-state index is 0.140. The lowest BCUT2D eigenvalue weighted by Crippen LogP contribution is -2.40. The molecule has 12 heavy (non-hydrogen) atoms. The van der Waals surface area contributed by atoms with Gasteiger partial charge in [-0.2, -0.15) is 0 Å². The third kappa shape index (κ3) is 2.61. The maximum atomic E-state index is 10.9. The summed E-state index contributed by atoms with van der Waals surface area (Å²) in [6.45, 7) is 2.59. The van der Waals surface area contributed by atoms with Gasteiger partial charge in [0.2, 0.25) is 16.4 Å². The van der Waals surface area contributed by atoms with Crippen molar-refractivity contribution in [1.29, 1.82) is 0 Å². The van der Waals surface area contributed by atoms with Gasteiger partial charge in [-0.05, 0) is 13.8 Å². The lowest BCUT2D eigenvalue weighted by Gasteiger charge is -2.19. The van der Waals surface area contributed by atoms with Gasteiger partial charge < -0.3 is 0 Å². The van der Waals surface area contributed by atoms with Gasteiger partial charge in [0, 0.05) is 0 Å². The highest BCUT2D eigenvalue weighted by atomic mass is 32.2. The van der Waals surface area contributed by atoms with Crippen molar-refractivity contribution in [1.82, 2.24) is 4.31 Å². The van der Waals surface area contributed by atoms with Crippen LogP contribution in [0.2, 0.25) is 0 Å². The molecular formula is C6H11NO4S. The molecule has 0 N–H and O–H groups in total. The summed E-state index contributed by atoms with van der Waals surface area (Å²) in [5, 5.41) is 0. The van der Waals surface area contributed by atoms with Crippen LogP contribution in [-0.4, -0.2) is 37.2 Å². The average molecular weight is 193 g/mol. The minimum atomic E-state index is -3.61. The van der Waals surface area contributed by atoms with Gasteiger partial charge in [0.05, 0.1) is 6.26 Å². The van der Waals surface area contributed by atoms with E-state index in [9.17, 15) is 18.0 Å². The highest BCUT2D eigenvalue weighted by molar-refractivity contribution is 7.88. The Morgan fingerprint density at radius 2 is 1.92 bits per heavy atom. The normalized spacial score (nSPS) is 13.6. The first-order valence-electron chi connectivity index (χ1n) is 3.25. The minimum Gasteiger partial charge on any atom is -0.298 e. The smallest absolute Gasteiger partial charge is 0.234 e. The summed E-state index contributed by atoms with van der Waals surface area (Å²) in [5.74, 6) is -0.368. The van der Waals surface area contributed by atoms with Gasteiger partial charge in [0.15, 0.2) is 5.78 Å². The molecule has 70 valence electrons. The molecule has 0 aromatic carbocycles. The van der Waals surface area contributed by atoms with Crippen molar-refractivity contribution in [2.75, 3.05) is 6.26 Å². The fourth-order valence-corrected chi connectivity index (χ4v) is 1.52. The highest BCUT2D eigenvalue weighted by Gasteiger charge is 2.23. The average Bonchev–Trinajstić information content (AvgIpc) is 1.85. The number of sulfonamides is 1. The Morgan fingerprint density at radius 1 is 1.50 bits per heavy atom. The third-order valence-electron chi connectivity index (χ3n) is 1.46. The number of carbonyl (C=O) groups is 2. The molecule has 0 saturated carbocycles. The third-order valence-corrected chi connectivity index (χ3v) is 2.63. The second-order valence-electron chi connectivity index (χ2n) is 2.48. The molecular weight excluding hydrogens is 182 g/mol. The number of rotatable bonds is 4. The van der Waals surface area contributed by atoms with Gasteiger partial charge in [0.25, 0.3) is 0 Å². The van der Waals surface area contributed by atoms with E-state index in [1.165, 1.54) is 13.8 Å². The second-order valence-corrected chi connectivity index (χ2v) is 4.37. The van der Waals surface area contributed by atoms with E-state index in [4.69, 9.17) is 0 Å². The summed E-state index contributed by atoms with van der Waals surface area (Å²) < 4.78 is 22.2. The molecule has 0 aliphatic carbocycles. The van der Waals surface area contributed by atoms with Crippen molar-refractivity contribution in [3.05, 3.63) is 0 Å². The van der Waals surface area contributed by atoms with Crippen molar-refractivity contribution in [3.63, 3.8) is 0 Å². The van der Waals surface area contributed by atoms with Crippen LogP contribution in [0.5, 0.6) is 0 Å². The fourth-order valence-electron chi connectivity index (χ4n) is 0.636. The van der Waals surface area contributed by atoms with E-state index in [2.05, 4.69) is 0 Å². The Kier molecular flexibility index (Phi) is 3.38. The van der Waals surface area contributed by atoms with Crippen molar-refractivity contribution in [2.45, 2.75) is 19.9 Å². The molecule has 0 aliphatic rings. The standard InChI is InChI=1S/C6H11NO4S/c1-5(6(2)9)7(4-8)12(3,10)11/h4-5H,1-3H3. The van der Waals surface area contributed by atoms with Crippen LogP contribution in [0.3, 0.4) is 0 Å². The maximum absolute atomic E-state index is 10.9. The van der Waals surface area contributed by atoms with Crippen LogP contribution in [0.25, 0.3) is 0 Å². The van der Waals surface area contributed by atoms with Crippen molar-refractivity contribution in [2.24, 2.45) is 0 Å². The monoisotopic (exact) mass is 193 g/mol. The van der Waals surface area contributed by atoms with Crippen LogP contribution in [0, 0.1) is 0 Å². The summed E-state index contributed by atoms with van der Waals surface area (Å²) >= 11 is 0.